The van der Waals surface area contributed by atoms with E-state index in [0.29, 0.717) is 30.5 Å². The lowest BCUT2D eigenvalue weighted by atomic mass is 9.72. The smallest absolute Gasteiger partial charge is 0.270 e. The average Bonchev–Trinajstić information content (AvgIpc) is 2.50. The summed E-state index contributed by atoms with van der Waals surface area (Å²) in [4.78, 5) is 26.4. The van der Waals surface area contributed by atoms with Gasteiger partial charge >= 0.3 is 0 Å². The van der Waals surface area contributed by atoms with Crippen molar-refractivity contribution in [3.8, 4) is 0 Å². The highest BCUT2D eigenvalue weighted by molar-refractivity contribution is 6.39. The summed E-state index contributed by atoms with van der Waals surface area (Å²) >= 11 is 0. The Bertz CT molecular complexity index is 474. The van der Waals surface area contributed by atoms with Crippen LogP contribution in [0.3, 0.4) is 0 Å². The third-order valence-electron chi connectivity index (χ3n) is 5.45. The molecule has 2 fully saturated rings. The maximum absolute atomic E-state index is 12.8. The summed E-state index contributed by atoms with van der Waals surface area (Å²) < 4.78 is 0. The second kappa shape index (κ2) is 5.78. The fourth-order valence-corrected chi connectivity index (χ4v) is 4.15. The Hall–Kier alpha value is -1.39. The minimum atomic E-state index is -0.00522. The number of rotatable bonds is 1. The molecule has 0 aromatic rings. The van der Waals surface area contributed by atoms with Crippen LogP contribution in [0.2, 0.25) is 0 Å². The van der Waals surface area contributed by atoms with Crippen LogP contribution in [0.5, 0.6) is 0 Å². The third-order valence-corrected chi connectivity index (χ3v) is 5.45. The lowest BCUT2D eigenvalue weighted by Crippen LogP contribution is -2.54. The van der Waals surface area contributed by atoms with Crippen LogP contribution in [-0.4, -0.2) is 47.1 Å². The van der Waals surface area contributed by atoms with Crippen LogP contribution in [-0.2, 0) is 9.59 Å². The molecule has 0 N–H and O–H groups in total. The third kappa shape index (κ3) is 2.70. The van der Waals surface area contributed by atoms with Crippen molar-refractivity contribution in [1.82, 2.24) is 9.91 Å². The molecule has 0 aromatic carbocycles. The zero-order chi connectivity index (χ0) is 15.0. The summed E-state index contributed by atoms with van der Waals surface area (Å²) in [5.41, 5.74) is 0.566. The molecule has 3 atom stereocenters. The summed E-state index contributed by atoms with van der Waals surface area (Å²) in [7, 11) is 1.64. The number of carbonyl (C=O) groups is 2. The Labute approximate surface area is 126 Å². The summed E-state index contributed by atoms with van der Waals surface area (Å²) in [6.45, 7) is 3.17. The second-order valence-electron chi connectivity index (χ2n) is 6.74. The number of piperidine rings is 1. The van der Waals surface area contributed by atoms with Gasteiger partial charge < -0.3 is 4.90 Å². The van der Waals surface area contributed by atoms with E-state index < -0.39 is 0 Å². The highest BCUT2D eigenvalue weighted by Crippen LogP contribution is 2.39. The van der Waals surface area contributed by atoms with Gasteiger partial charge in [0.15, 0.2) is 0 Å². The highest BCUT2D eigenvalue weighted by Gasteiger charge is 2.40. The summed E-state index contributed by atoms with van der Waals surface area (Å²) in [6, 6.07) is 0.389. The molecule has 5 nitrogen and oxygen atoms in total. The topological polar surface area (TPSA) is 53.0 Å². The Morgan fingerprint density at radius 3 is 2.71 bits per heavy atom. The highest BCUT2D eigenvalue weighted by atomic mass is 16.2. The number of fused-ring (bicyclic) bond motifs is 1. The molecule has 2 amide bonds. The van der Waals surface area contributed by atoms with Gasteiger partial charge in [-0.25, -0.2) is 5.01 Å². The van der Waals surface area contributed by atoms with Crippen LogP contribution in [0.15, 0.2) is 5.10 Å². The van der Waals surface area contributed by atoms with Crippen molar-refractivity contribution in [1.29, 1.82) is 0 Å². The molecule has 0 unspecified atom stereocenters. The molecule has 1 aliphatic carbocycles. The molecule has 3 aliphatic rings. The maximum atomic E-state index is 12.8. The molecule has 0 aromatic heterocycles. The number of hydrazone groups is 1. The molecule has 5 heteroatoms. The molecule has 0 spiro atoms. The molecular weight excluding hydrogens is 266 g/mol. The fourth-order valence-electron chi connectivity index (χ4n) is 4.15. The van der Waals surface area contributed by atoms with E-state index in [9.17, 15) is 9.59 Å². The van der Waals surface area contributed by atoms with E-state index >= 15 is 0 Å². The SMILES string of the molecule is C[C@@H]1CCN(C(=O)C2=NN(C)C(=O)CC2)[C@@H]2CCCC[C@H]12. The number of amides is 2. The van der Waals surface area contributed by atoms with Crippen LogP contribution in [0.4, 0.5) is 0 Å². The van der Waals surface area contributed by atoms with E-state index in [1.165, 1.54) is 24.3 Å². The lowest BCUT2D eigenvalue weighted by molar-refractivity contribution is -0.133. The maximum Gasteiger partial charge on any atom is 0.270 e. The quantitative estimate of drug-likeness (QED) is 0.742. The van der Waals surface area contributed by atoms with Crippen molar-refractivity contribution in [2.24, 2.45) is 16.9 Å². The minimum Gasteiger partial charge on any atom is -0.334 e. The van der Waals surface area contributed by atoms with Crippen molar-refractivity contribution < 1.29 is 9.59 Å². The molecule has 21 heavy (non-hydrogen) atoms. The number of likely N-dealkylation sites (tertiary alicyclic amines) is 1. The molecule has 116 valence electrons. The van der Waals surface area contributed by atoms with Gasteiger partial charge in [-0.1, -0.05) is 19.8 Å². The van der Waals surface area contributed by atoms with E-state index in [1.807, 2.05) is 0 Å². The predicted molar refractivity (Wildman–Crippen MR) is 80.7 cm³/mol. The van der Waals surface area contributed by atoms with Crippen LogP contribution < -0.4 is 0 Å². The first-order chi connectivity index (χ1) is 10.1. The van der Waals surface area contributed by atoms with Gasteiger partial charge in [-0.15, -0.1) is 0 Å². The Morgan fingerprint density at radius 2 is 1.95 bits per heavy atom. The van der Waals surface area contributed by atoms with Gasteiger partial charge in [0.2, 0.25) is 5.91 Å². The van der Waals surface area contributed by atoms with Crippen molar-refractivity contribution in [3.05, 3.63) is 0 Å². The van der Waals surface area contributed by atoms with Crippen molar-refractivity contribution in [2.75, 3.05) is 13.6 Å². The number of carbonyl (C=O) groups excluding carboxylic acids is 2. The van der Waals surface area contributed by atoms with E-state index in [4.69, 9.17) is 0 Å². The fraction of sp³-hybridized carbons (Fsp3) is 0.812. The zero-order valence-electron chi connectivity index (χ0n) is 13.0. The first-order valence-corrected chi connectivity index (χ1v) is 8.23. The van der Waals surface area contributed by atoms with Crippen LogP contribution in [0.1, 0.15) is 51.9 Å². The first-order valence-electron chi connectivity index (χ1n) is 8.23. The number of hydrogen-bond acceptors (Lipinski definition) is 3. The summed E-state index contributed by atoms with van der Waals surface area (Å²) in [5.74, 6) is 1.43. The molecule has 2 aliphatic heterocycles. The molecule has 2 heterocycles. The van der Waals surface area contributed by atoms with Crippen molar-refractivity contribution in [3.63, 3.8) is 0 Å². The molecule has 0 radical (unpaired) electrons. The van der Waals surface area contributed by atoms with Gasteiger partial charge in [0, 0.05) is 32.5 Å². The molecule has 0 bridgehead atoms. The van der Waals surface area contributed by atoms with Gasteiger partial charge in [0.1, 0.15) is 5.71 Å². The van der Waals surface area contributed by atoms with E-state index in [1.54, 1.807) is 7.05 Å². The van der Waals surface area contributed by atoms with Crippen molar-refractivity contribution >= 4 is 17.5 Å². The van der Waals surface area contributed by atoms with Gasteiger partial charge in [0.05, 0.1) is 0 Å². The standard InChI is InChI=1S/C16H25N3O2/c1-11-9-10-19(14-6-4-3-5-12(11)14)16(21)13-7-8-15(20)18(2)17-13/h11-12,14H,3-10H2,1-2H3/t11-,12-,14-/m1/s1. The van der Waals surface area contributed by atoms with Crippen LogP contribution >= 0.6 is 0 Å². The summed E-state index contributed by atoms with van der Waals surface area (Å²) in [6.07, 6.45) is 6.89. The van der Waals surface area contributed by atoms with E-state index in [0.717, 1.165) is 25.3 Å². The van der Waals surface area contributed by atoms with Gasteiger partial charge in [-0.05, 0) is 31.1 Å². The van der Waals surface area contributed by atoms with Crippen molar-refractivity contribution in [2.45, 2.75) is 57.9 Å². The second-order valence-corrected chi connectivity index (χ2v) is 6.74. The predicted octanol–water partition coefficient (Wildman–Crippen LogP) is 2.02. The van der Waals surface area contributed by atoms with E-state index in [-0.39, 0.29) is 11.8 Å². The average molecular weight is 291 g/mol. The summed E-state index contributed by atoms with van der Waals surface area (Å²) in [5, 5.41) is 5.53. The Morgan fingerprint density at radius 1 is 1.19 bits per heavy atom. The molecule has 3 rings (SSSR count). The van der Waals surface area contributed by atoms with Crippen LogP contribution in [0, 0.1) is 11.8 Å². The van der Waals surface area contributed by atoms with Gasteiger partial charge in [-0.2, -0.15) is 5.10 Å². The Balaban J connectivity index is 1.77. The van der Waals surface area contributed by atoms with Crippen LogP contribution in [0.25, 0.3) is 0 Å². The lowest BCUT2D eigenvalue weighted by Gasteiger charge is -2.47. The molecule has 1 saturated heterocycles. The number of nitrogens with zero attached hydrogens (tertiary/aromatic N) is 3. The minimum absolute atomic E-state index is 0.00522. The largest absolute Gasteiger partial charge is 0.334 e. The zero-order valence-corrected chi connectivity index (χ0v) is 13.0. The molecular formula is C16H25N3O2. The first kappa shape index (κ1) is 14.5. The monoisotopic (exact) mass is 291 g/mol. The van der Waals surface area contributed by atoms with E-state index in [2.05, 4.69) is 16.9 Å². The normalized spacial score (nSPS) is 33.5. The van der Waals surface area contributed by atoms with Gasteiger partial charge in [0.25, 0.3) is 5.91 Å². The number of hydrogen-bond donors (Lipinski definition) is 0. The van der Waals surface area contributed by atoms with Gasteiger partial charge in [-0.3, -0.25) is 9.59 Å². The molecule has 1 saturated carbocycles. The Kier molecular flexibility index (Phi) is 4.00.